The Morgan fingerprint density at radius 3 is 1.04 bits per heavy atom. The van der Waals surface area contributed by atoms with Gasteiger partial charge in [-0.3, -0.25) is 9.59 Å². The number of hydrogen-bond donors (Lipinski definition) is 2. The average Bonchev–Trinajstić information content (AvgIpc) is 0.841. The molecule has 0 unspecified atom stereocenters. The molecule has 0 bridgehead atoms. The number of carbonyl (C=O) groups is 4. The van der Waals surface area contributed by atoms with Gasteiger partial charge >= 0.3 is 12.1 Å². The molecule has 5 saturated carbocycles. The summed E-state index contributed by atoms with van der Waals surface area (Å²) in [7, 11) is 3.34. The number of carboxylic acid groups (broad SMARTS) is 1. The molecule has 5 aliphatic carbocycles. The lowest BCUT2D eigenvalue weighted by atomic mass is 9.67. The fourth-order valence-corrected chi connectivity index (χ4v) is 14.3. The third-order valence-corrected chi connectivity index (χ3v) is 21.6. The predicted octanol–water partition coefficient (Wildman–Crippen LogP) is 20.1. The van der Waals surface area contributed by atoms with Crippen molar-refractivity contribution in [2.24, 2.45) is 23.5 Å². The highest BCUT2D eigenvalue weighted by atomic mass is 35.5. The number of benzene rings is 6. The molecule has 0 amide bonds. The zero-order chi connectivity index (χ0) is 82.0. The van der Waals surface area contributed by atoms with Crippen LogP contribution in [-0.2, 0) is 68.4 Å². The molecule has 11 rings (SSSR count). The Morgan fingerprint density at radius 2 is 0.811 bits per heavy atom. The Morgan fingerprint density at radius 1 is 0.532 bits per heavy atom. The van der Waals surface area contributed by atoms with E-state index in [2.05, 4.69) is 55.0 Å². The molecule has 6 aromatic rings. The van der Waals surface area contributed by atoms with E-state index in [0.29, 0.717) is 76.5 Å². The van der Waals surface area contributed by atoms with Crippen molar-refractivity contribution in [2.75, 3.05) is 20.8 Å². The van der Waals surface area contributed by atoms with Gasteiger partial charge in [-0.1, -0.05) is 149 Å². The lowest BCUT2D eigenvalue weighted by Gasteiger charge is -2.33. The third-order valence-electron chi connectivity index (χ3n) is 20.4. The smallest absolute Gasteiger partial charge is 0.416 e. The number of aldehydes is 2. The second-order valence-electron chi connectivity index (χ2n) is 27.7. The number of hydrogen-bond acceptors (Lipinski definition) is 13. The Hall–Kier alpha value is -8.53. The quantitative estimate of drug-likeness (QED) is 0.0693. The largest absolute Gasteiger partial charge is 1.00 e. The molecule has 0 heterocycles. The monoisotopic (exact) mass is 1630 g/mol. The van der Waals surface area contributed by atoms with Crippen molar-refractivity contribution in [3.63, 3.8) is 0 Å². The van der Waals surface area contributed by atoms with Crippen LogP contribution in [0.15, 0.2) is 169 Å². The van der Waals surface area contributed by atoms with Crippen LogP contribution in [0.4, 0.5) is 13.2 Å². The minimum Gasteiger partial charge on any atom is -1.00 e. The number of Topliss-reactive ketones (excluding diaryl/α,β-unsaturated/α-hetero) is 1. The molecule has 5 fully saturated rings. The number of nitrogens with zero attached hydrogens (tertiary/aromatic N) is 6. The van der Waals surface area contributed by atoms with Crippen LogP contribution < -0.4 is 18.1 Å². The number of ketones is 1. The number of nitrogens with two attached hydrogens (primary N) is 1. The number of allylic oxidation sites excluding steroid dienone is 3. The van der Waals surface area contributed by atoms with Gasteiger partial charge in [0.25, 0.3) is 0 Å². The van der Waals surface area contributed by atoms with Crippen molar-refractivity contribution in [1.82, 2.24) is 0 Å². The highest BCUT2D eigenvalue weighted by Gasteiger charge is 2.42. The molecular formula is C88H99Cl6F3N7O7-. The maximum atomic E-state index is 12.2. The molecule has 592 valence electrons. The summed E-state index contributed by atoms with van der Waals surface area (Å²) in [5.74, 6) is -0.572. The normalized spacial score (nSPS) is 21.6. The van der Waals surface area contributed by atoms with E-state index in [1.54, 1.807) is 38.7 Å². The van der Waals surface area contributed by atoms with Gasteiger partial charge in [0, 0.05) is 77.0 Å². The van der Waals surface area contributed by atoms with Gasteiger partial charge in [-0.05, 0) is 249 Å². The van der Waals surface area contributed by atoms with E-state index >= 15 is 0 Å². The summed E-state index contributed by atoms with van der Waals surface area (Å²) in [6.45, 7) is 10.3. The predicted molar refractivity (Wildman–Crippen MR) is 430 cm³/mol. The lowest BCUT2D eigenvalue weighted by Crippen LogP contribution is -3.00. The molecule has 0 aromatic heterocycles. The van der Waals surface area contributed by atoms with Crippen LogP contribution in [0.2, 0.25) is 25.1 Å². The van der Waals surface area contributed by atoms with Crippen molar-refractivity contribution in [1.29, 1.82) is 31.6 Å². The first-order chi connectivity index (χ1) is 52.5. The molecule has 0 radical (unpaired) electrons. The number of methoxy groups -OCH3 is 2. The maximum absolute atomic E-state index is 12.2. The number of ether oxygens (including phenoxy) is 2. The van der Waals surface area contributed by atoms with Gasteiger partial charge in [-0.15, -0.1) is 0 Å². The number of aliphatic carboxylic acids is 1. The van der Waals surface area contributed by atoms with Crippen LogP contribution in [0, 0.1) is 85.7 Å². The number of alkyl halides is 3. The topological polar surface area (TPSA) is 276 Å². The number of rotatable bonds is 11. The number of nitriles is 6. The summed E-state index contributed by atoms with van der Waals surface area (Å²) in [5, 5.41) is 66.9. The molecule has 111 heavy (non-hydrogen) atoms. The highest BCUT2D eigenvalue weighted by molar-refractivity contribution is 6.31. The first kappa shape index (κ1) is 98.5. The first-order valence-corrected chi connectivity index (χ1v) is 38.3. The maximum Gasteiger partial charge on any atom is 0.416 e. The Bertz CT molecular complexity index is 4140. The van der Waals surface area contributed by atoms with Gasteiger partial charge in [-0.25, -0.2) is 0 Å². The Kier molecular flexibility index (Phi) is 44.8. The van der Waals surface area contributed by atoms with Crippen LogP contribution in [0.3, 0.4) is 0 Å². The second kappa shape index (κ2) is 50.5. The summed E-state index contributed by atoms with van der Waals surface area (Å²) < 4.78 is 46.1. The highest BCUT2D eigenvalue weighted by Crippen LogP contribution is 2.46. The van der Waals surface area contributed by atoms with E-state index in [1.165, 1.54) is 36.3 Å². The van der Waals surface area contributed by atoms with Gasteiger partial charge < -0.3 is 42.3 Å². The molecule has 3 N–H and O–H groups in total. The minimum atomic E-state index is -4.30. The van der Waals surface area contributed by atoms with Gasteiger partial charge in [0.15, 0.2) is 0 Å². The van der Waals surface area contributed by atoms with E-state index in [0.717, 1.165) is 130 Å². The second-order valence-corrected chi connectivity index (χ2v) is 29.8. The molecule has 5 aliphatic rings. The van der Waals surface area contributed by atoms with Crippen molar-refractivity contribution in [2.45, 2.75) is 203 Å². The van der Waals surface area contributed by atoms with E-state index < -0.39 is 44.8 Å². The van der Waals surface area contributed by atoms with Crippen LogP contribution in [-0.4, -0.2) is 50.3 Å². The Balaban J connectivity index is 0.000000439. The summed E-state index contributed by atoms with van der Waals surface area (Å²) in [6, 6.07) is 56.6. The number of carboxylic acids is 1. The average molecular weight is 1640 g/mol. The fourth-order valence-electron chi connectivity index (χ4n) is 13.4. The van der Waals surface area contributed by atoms with Crippen molar-refractivity contribution in [3.8, 4) is 36.4 Å². The van der Waals surface area contributed by atoms with Crippen molar-refractivity contribution >= 4 is 82.3 Å². The summed E-state index contributed by atoms with van der Waals surface area (Å²) in [5.41, 5.74) is 9.75. The molecular weight excluding hydrogens is 1540 g/mol. The fraction of sp³-hybridized carbons (Fsp3) is 0.432. The van der Waals surface area contributed by atoms with Gasteiger partial charge in [0.05, 0.1) is 88.3 Å². The van der Waals surface area contributed by atoms with Crippen LogP contribution >= 0.6 is 58.0 Å². The molecule has 14 nitrogen and oxygen atoms in total. The van der Waals surface area contributed by atoms with E-state index in [-0.39, 0.29) is 48.1 Å². The van der Waals surface area contributed by atoms with E-state index in [1.807, 2.05) is 123 Å². The molecule has 0 saturated heterocycles. The third kappa shape index (κ3) is 31.2. The summed E-state index contributed by atoms with van der Waals surface area (Å²) in [6.07, 6.45) is 15.8. The van der Waals surface area contributed by atoms with Crippen LogP contribution in [0.25, 0.3) is 0 Å². The molecule has 0 atom stereocenters. The van der Waals surface area contributed by atoms with E-state index in [9.17, 15) is 58.7 Å². The SMILES string of the molecule is CC#N.CC=C(C)C.CCOC.COC=C1CCC(C#N)(c2cccc(Cl)c2)CC1.N#CC1(c2cccc(Cl)c2)CCC(=O)CC1.N#CC1(c2cccc(Cl)c2)CCC(C(=O)O)CC1.N#CC1(c2cccc(Cl)c2)CCC(C=O)CC1.N#CC1(c2cccc(Cl)c2)CCC(C=O)CC1.NCc1ccccc1C(F)(F)F.[Cl-]. The number of halogens is 9. The van der Waals surface area contributed by atoms with Gasteiger partial charge in [0.2, 0.25) is 0 Å². The van der Waals surface area contributed by atoms with Crippen molar-refractivity contribution in [3.05, 3.63) is 233 Å². The van der Waals surface area contributed by atoms with Crippen LogP contribution in [0.5, 0.6) is 0 Å². The first-order valence-electron chi connectivity index (χ1n) is 36.5. The zero-order valence-electron chi connectivity index (χ0n) is 64.0. The summed E-state index contributed by atoms with van der Waals surface area (Å²) in [4.78, 5) is 43.7. The van der Waals surface area contributed by atoms with Crippen molar-refractivity contribution < 1.29 is 59.3 Å². The Labute approximate surface area is 685 Å². The van der Waals surface area contributed by atoms with E-state index in [4.69, 9.17) is 78.8 Å². The zero-order valence-corrected chi connectivity index (χ0v) is 68.5. The molecule has 0 spiro atoms. The molecule has 23 heteroatoms. The molecule has 0 aliphatic heterocycles. The molecule has 6 aromatic carbocycles. The van der Waals surface area contributed by atoms with Gasteiger partial charge in [0.1, 0.15) is 18.4 Å². The number of carbonyl (C=O) groups excluding carboxylic acids is 3. The summed E-state index contributed by atoms with van der Waals surface area (Å²) >= 11 is 29.9. The minimum absolute atomic E-state index is 0. The standard InChI is InChI=1S/C15H16ClNO.C14H14ClNO2.2C14H14ClNO.C13H12ClNO.C8H8F3N.C5H10.C3H8O.C2H3N.ClH/c1-18-10-12-5-7-15(11-17,8-6-12)13-3-2-4-14(16)9-13;15-12-3-1-2-11(8-12)14(9-16)6-4-10(5-7-14)13(17)18;2*15-13-3-1-2-12(8-13)14(10-16)6-4-11(9-17)5-7-14;14-11-3-1-2-10(8-11)13(9-15)6-4-12(16)5-7-13;9-8(10,11)7-4-2-1-3-6(7)5-12;1-4-5(2)3;1-3-4-2;1-2-3;/h2-4,9-10H,5-8H2,1H3;1-3,8,10H,4-7H2,(H,17,18);2*1-3,8-9,11H,4-7H2;1-3,8H,4-7H2;1-4H,5,12H2;4H,1-3H3;3H2,1-2H3;1H3;1H/p-1. The lowest BCUT2D eigenvalue weighted by molar-refractivity contribution is -0.143. The van der Waals surface area contributed by atoms with Gasteiger partial charge in [-0.2, -0.15) is 44.7 Å². The van der Waals surface area contributed by atoms with Crippen LogP contribution in [0.1, 0.15) is 202 Å².